The first-order valence-electron chi connectivity index (χ1n) is 5.85. The summed E-state index contributed by atoms with van der Waals surface area (Å²) in [5, 5.41) is 1.13. The molecule has 3 rings (SSSR count). The summed E-state index contributed by atoms with van der Waals surface area (Å²) < 4.78 is 2.32. The molecule has 1 heterocycles. The lowest BCUT2D eigenvalue weighted by molar-refractivity contribution is 0.0996. The first-order valence-corrected chi connectivity index (χ1v) is 5.85. The average Bonchev–Trinajstić information content (AvgIpc) is 2.76. The first kappa shape index (κ1) is 9.64. The predicted octanol–water partition coefficient (Wildman–Crippen LogP) is 3.35. The van der Waals surface area contributed by atoms with Crippen molar-refractivity contribution in [1.82, 2.24) is 4.57 Å². The zero-order valence-corrected chi connectivity index (χ0v) is 9.66. The van der Waals surface area contributed by atoms with Crippen molar-refractivity contribution in [2.75, 3.05) is 0 Å². The normalized spacial score (nSPS) is 15.1. The van der Waals surface area contributed by atoms with E-state index < -0.39 is 0 Å². The third kappa shape index (κ3) is 1.10. The molecule has 0 unspecified atom stereocenters. The van der Waals surface area contributed by atoms with Crippen LogP contribution in [-0.2, 0) is 6.42 Å². The monoisotopic (exact) mass is 213 g/mol. The van der Waals surface area contributed by atoms with E-state index >= 15 is 0 Å². The number of benzene rings is 1. The molecule has 2 nitrogen and oxygen atoms in total. The van der Waals surface area contributed by atoms with Gasteiger partial charge in [-0.25, -0.2) is 0 Å². The van der Waals surface area contributed by atoms with Gasteiger partial charge in [-0.2, -0.15) is 0 Å². The molecule has 0 saturated carbocycles. The highest BCUT2D eigenvalue weighted by Gasteiger charge is 2.28. The van der Waals surface area contributed by atoms with Gasteiger partial charge in [0.25, 0.3) is 0 Å². The molecular weight excluding hydrogens is 198 g/mol. The number of Topliss-reactive ketones (excluding diaryl/α,β-unsaturated/α-hetero) is 1. The van der Waals surface area contributed by atoms with Crippen LogP contribution in [0.5, 0.6) is 0 Å². The summed E-state index contributed by atoms with van der Waals surface area (Å²) in [5.41, 5.74) is 3.42. The summed E-state index contributed by atoms with van der Waals surface area (Å²) in [4.78, 5) is 11.9. The largest absolute Gasteiger partial charge is 0.341 e. The third-order valence-electron chi connectivity index (χ3n) is 3.40. The van der Waals surface area contributed by atoms with Crippen molar-refractivity contribution in [1.29, 1.82) is 0 Å². The maximum Gasteiger partial charge on any atom is 0.165 e. The molecule has 0 amide bonds. The SMILES string of the molecule is CC(C)n1c2c(c3ccccc31)C(=O)CC2. The van der Waals surface area contributed by atoms with E-state index in [2.05, 4.69) is 30.5 Å². The van der Waals surface area contributed by atoms with Crippen LogP contribution >= 0.6 is 0 Å². The van der Waals surface area contributed by atoms with Gasteiger partial charge in [-0.1, -0.05) is 18.2 Å². The molecule has 1 aromatic heterocycles. The highest BCUT2D eigenvalue weighted by Crippen LogP contribution is 2.34. The topological polar surface area (TPSA) is 22.0 Å². The van der Waals surface area contributed by atoms with Gasteiger partial charge in [0.1, 0.15) is 0 Å². The fraction of sp³-hybridized carbons (Fsp3) is 0.357. The number of carbonyl (C=O) groups is 1. The lowest BCUT2D eigenvalue weighted by Crippen LogP contribution is -2.04. The lowest BCUT2D eigenvalue weighted by Gasteiger charge is -2.13. The second kappa shape index (κ2) is 3.21. The summed E-state index contributed by atoms with van der Waals surface area (Å²) in [6.45, 7) is 4.35. The van der Waals surface area contributed by atoms with Crippen LogP contribution in [0.1, 0.15) is 42.4 Å². The number of hydrogen-bond donors (Lipinski definition) is 0. The minimum Gasteiger partial charge on any atom is -0.341 e. The third-order valence-corrected chi connectivity index (χ3v) is 3.40. The Morgan fingerprint density at radius 2 is 1.94 bits per heavy atom. The van der Waals surface area contributed by atoms with Gasteiger partial charge in [0.15, 0.2) is 5.78 Å². The molecule has 82 valence electrons. The number of para-hydroxylation sites is 1. The number of nitrogens with zero attached hydrogens (tertiary/aromatic N) is 1. The van der Waals surface area contributed by atoms with Crippen molar-refractivity contribution in [2.45, 2.75) is 32.7 Å². The van der Waals surface area contributed by atoms with Crippen molar-refractivity contribution >= 4 is 16.7 Å². The molecule has 0 N–H and O–H groups in total. The van der Waals surface area contributed by atoms with Crippen molar-refractivity contribution < 1.29 is 4.79 Å². The predicted molar refractivity (Wildman–Crippen MR) is 65.0 cm³/mol. The highest BCUT2D eigenvalue weighted by atomic mass is 16.1. The van der Waals surface area contributed by atoms with E-state index in [9.17, 15) is 4.79 Å². The molecule has 2 aromatic rings. The van der Waals surface area contributed by atoms with E-state index in [4.69, 9.17) is 0 Å². The van der Waals surface area contributed by atoms with Crippen LogP contribution in [0.4, 0.5) is 0 Å². The fourth-order valence-corrected chi connectivity index (χ4v) is 2.82. The molecule has 1 aliphatic carbocycles. The second-order valence-electron chi connectivity index (χ2n) is 4.73. The Labute approximate surface area is 94.9 Å². The van der Waals surface area contributed by atoms with Gasteiger partial charge >= 0.3 is 0 Å². The second-order valence-corrected chi connectivity index (χ2v) is 4.73. The number of aromatic nitrogens is 1. The van der Waals surface area contributed by atoms with Gasteiger partial charge in [0, 0.05) is 34.6 Å². The molecule has 0 radical (unpaired) electrons. The summed E-state index contributed by atoms with van der Waals surface area (Å²) in [5.74, 6) is 0.311. The van der Waals surface area contributed by atoms with Gasteiger partial charge in [0.2, 0.25) is 0 Å². The van der Waals surface area contributed by atoms with Crippen LogP contribution in [0.2, 0.25) is 0 Å². The molecule has 0 aliphatic heterocycles. The zero-order chi connectivity index (χ0) is 11.3. The Bertz CT molecular complexity index is 578. The number of fused-ring (bicyclic) bond motifs is 3. The zero-order valence-electron chi connectivity index (χ0n) is 9.66. The summed E-state index contributed by atoms with van der Waals surface area (Å²) in [6, 6.07) is 8.65. The van der Waals surface area contributed by atoms with Crippen LogP contribution < -0.4 is 0 Å². The molecule has 0 spiro atoms. The minimum atomic E-state index is 0.311. The first-order chi connectivity index (χ1) is 7.70. The standard InChI is InChI=1S/C14H15NO/c1-9(2)15-11-6-4-3-5-10(11)14-12(15)7-8-13(14)16/h3-6,9H,7-8H2,1-2H3. The average molecular weight is 213 g/mol. The maximum atomic E-state index is 11.9. The molecule has 2 heteroatoms. The molecule has 0 saturated heterocycles. The number of rotatable bonds is 1. The van der Waals surface area contributed by atoms with Crippen molar-refractivity contribution in [3.8, 4) is 0 Å². The smallest absolute Gasteiger partial charge is 0.165 e. The Balaban J connectivity index is 2.45. The van der Waals surface area contributed by atoms with Crippen LogP contribution in [0.3, 0.4) is 0 Å². The van der Waals surface area contributed by atoms with Crippen LogP contribution in [0.15, 0.2) is 24.3 Å². The molecule has 1 aromatic carbocycles. The highest BCUT2D eigenvalue weighted by molar-refractivity contribution is 6.11. The van der Waals surface area contributed by atoms with E-state index in [0.717, 1.165) is 17.4 Å². The van der Waals surface area contributed by atoms with Gasteiger partial charge < -0.3 is 4.57 Å². The van der Waals surface area contributed by atoms with Crippen molar-refractivity contribution in [3.63, 3.8) is 0 Å². The summed E-state index contributed by atoms with van der Waals surface area (Å²) >= 11 is 0. The molecule has 0 bridgehead atoms. The van der Waals surface area contributed by atoms with Gasteiger partial charge in [-0.15, -0.1) is 0 Å². The van der Waals surface area contributed by atoms with Crippen molar-refractivity contribution in [2.24, 2.45) is 0 Å². The van der Waals surface area contributed by atoms with E-state index in [1.54, 1.807) is 0 Å². The van der Waals surface area contributed by atoms with Crippen molar-refractivity contribution in [3.05, 3.63) is 35.5 Å². The van der Waals surface area contributed by atoms with Gasteiger partial charge in [0.05, 0.1) is 0 Å². The van der Waals surface area contributed by atoms with Crippen LogP contribution in [0.25, 0.3) is 10.9 Å². The quantitative estimate of drug-likeness (QED) is 0.712. The van der Waals surface area contributed by atoms with E-state index in [1.165, 1.54) is 11.2 Å². The van der Waals surface area contributed by atoms with E-state index in [1.807, 2.05) is 12.1 Å². The van der Waals surface area contributed by atoms with Gasteiger partial charge in [-0.3, -0.25) is 4.79 Å². The minimum absolute atomic E-state index is 0.311. The summed E-state index contributed by atoms with van der Waals surface area (Å²) in [7, 11) is 0. The Kier molecular flexibility index (Phi) is 1.93. The molecular formula is C14H15NO. The fourth-order valence-electron chi connectivity index (χ4n) is 2.82. The van der Waals surface area contributed by atoms with Crippen LogP contribution in [-0.4, -0.2) is 10.4 Å². The summed E-state index contributed by atoms with van der Waals surface area (Å²) in [6.07, 6.45) is 1.59. The maximum absolute atomic E-state index is 11.9. The van der Waals surface area contributed by atoms with Crippen LogP contribution in [0, 0.1) is 0 Å². The number of hydrogen-bond acceptors (Lipinski definition) is 1. The lowest BCUT2D eigenvalue weighted by atomic mass is 10.1. The Hall–Kier alpha value is -1.57. The number of carbonyl (C=O) groups excluding carboxylic acids is 1. The molecule has 1 aliphatic rings. The van der Waals surface area contributed by atoms with E-state index in [0.29, 0.717) is 18.2 Å². The molecule has 0 atom stereocenters. The molecule has 16 heavy (non-hydrogen) atoms. The number of ketones is 1. The molecule has 0 fully saturated rings. The van der Waals surface area contributed by atoms with Gasteiger partial charge in [-0.05, 0) is 26.3 Å². The Morgan fingerprint density at radius 3 is 2.69 bits per heavy atom. The van der Waals surface area contributed by atoms with E-state index in [-0.39, 0.29) is 0 Å². The Morgan fingerprint density at radius 1 is 1.19 bits per heavy atom.